The zero-order valence-electron chi connectivity index (χ0n) is 23.9. The molecule has 0 radical (unpaired) electrons. The molecular weight excluding hydrogens is 504 g/mol. The Balaban J connectivity index is 1.59. The van der Waals surface area contributed by atoms with Crippen molar-refractivity contribution in [3.8, 4) is 17.9 Å². The van der Waals surface area contributed by atoms with Crippen LogP contribution in [0.5, 0.6) is 0 Å². The van der Waals surface area contributed by atoms with E-state index >= 15 is 0 Å². The van der Waals surface area contributed by atoms with Gasteiger partial charge in [-0.1, -0.05) is 30.4 Å². The summed E-state index contributed by atoms with van der Waals surface area (Å²) in [6.45, 7) is 2.40. The van der Waals surface area contributed by atoms with Crippen LogP contribution in [0.4, 0.5) is 17.5 Å². The summed E-state index contributed by atoms with van der Waals surface area (Å²) in [5.41, 5.74) is 1.95. The van der Waals surface area contributed by atoms with Gasteiger partial charge in [0.1, 0.15) is 11.9 Å². The number of nitriles is 1. The van der Waals surface area contributed by atoms with Crippen molar-refractivity contribution in [1.82, 2.24) is 25.1 Å². The fourth-order valence-corrected chi connectivity index (χ4v) is 4.32. The van der Waals surface area contributed by atoms with Gasteiger partial charge in [0.25, 0.3) is 0 Å². The van der Waals surface area contributed by atoms with Gasteiger partial charge in [0.2, 0.25) is 17.8 Å². The minimum absolute atomic E-state index is 0.00607. The molecule has 0 saturated heterocycles. The van der Waals surface area contributed by atoms with Gasteiger partial charge in [-0.15, -0.1) is 0 Å². The lowest BCUT2D eigenvalue weighted by Gasteiger charge is -2.30. The summed E-state index contributed by atoms with van der Waals surface area (Å²) in [6.07, 6.45) is 8.51. The van der Waals surface area contributed by atoms with E-state index in [-0.39, 0.29) is 23.8 Å². The summed E-state index contributed by atoms with van der Waals surface area (Å²) in [5.74, 6) is 7.33. The summed E-state index contributed by atoms with van der Waals surface area (Å²) in [6, 6.07) is 8.65. The Morgan fingerprint density at radius 3 is 2.77 bits per heavy atom. The second-order valence-electron chi connectivity index (χ2n) is 10.2. The molecule has 1 aromatic carbocycles. The van der Waals surface area contributed by atoms with E-state index < -0.39 is 6.04 Å². The van der Waals surface area contributed by atoms with E-state index in [0.717, 1.165) is 31.4 Å². The number of likely N-dealkylation sites (N-methyl/N-ethyl adjacent to an activating group) is 2. The van der Waals surface area contributed by atoms with Crippen LogP contribution in [0.1, 0.15) is 43.7 Å². The average Bonchev–Trinajstić information content (AvgIpc) is 2.95. The maximum absolute atomic E-state index is 12.9. The van der Waals surface area contributed by atoms with Gasteiger partial charge in [-0.05, 0) is 58.5 Å². The first-order chi connectivity index (χ1) is 19.2. The van der Waals surface area contributed by atoms with Crippen molar-refractivity contribution in [2.24, 2.45) is 5.92 Å². The zero-order chi connectivity index (χ0) is 29.1. The molecule has 1 fully saturated rings. The highest BCUT2D eigenvalue weighted by Crippen LogP contribution is 2.25. The van der Waals surface area contributed by atoms with Crippen molar-refractivity contribution < 1.29 is 9.59 Å². The third kappa shape index (κ3) is 8.82. The third-order valence-electron chi connectivity index (χ3n) is 6.74. The maximum atomic E-state index is 12.9. The van der Waals surface area contributed by atoms with Gasteiger partial charge < -0.3 is 25.8 Å². The second-order valence-corrected chi connectivity index (χ2v) is 10.2. The molecule has 1 heterocycles. The molecule has 1 aromatic heterocycles. The number of nitrogens with one attached hydrogen (secondary N) is 3. The van der Waals surface area contributed by atoms with E-state index in [9.17, 15) is 9.59 Å². The minimum Gasteiger partial charge on any atom is -0.372 e. The van der Waals surface area contributed by atoms with Crippen LogP contribution in [-0.2, 0) is 9.59 Å². The number of carbonyl (C=O) groups is 2. The number of anilines is 3. The van der Waals surface area contributed by atoms with Gasteiger partial charge in [-0.25, -0.2) is 4.98 Å². The first kappa shape index (κ1) is 30.1. The van der Waals surface area contributed by atoms with Crippen LogP contribution in [-0.4, -0.2) is 78.4 Å². The van der Waals surface area contributed by atoms with Gasteiger partial charge in [0.05, 0.1) is 23.4 Å². The number of nitrogens with zero attached hydrogens (tertiary/aromatic N) is 5. The molecule has 1 aliphatic rings. The molecule has 3 N–H and O–H groups in total. The van der Waals surface area contributed by atoms with Crippen molar-refractivity contribution in [3.63, 3.8) is 0 Å². The van der Waals surface area contributed by atoms with Crippen LogP contribution in [0.15, 0.2) is 42.6 Å². The van der Waals surface area contributed by atoms with Gasteiger partial charge in [-0.3, -0.25) is 9.59 Å². The van der Waals surface area contributed by atoms with E-state index in [0.29, 0.717) is 29.4 Å². The Morgan fingerprint density at radius 2 is 2.05 bits per heavy atom. The van der Waals surface area contributed by atoms with Crippen LogP contribution in [0.3, 0.4) is 0 Å². The quantitative estimate of drug-likeness (QED) is 0.326. The van der Waals surface area contributed by atoms with Gasteiger partial charge in [0.15, 0.2) is 0 Å². The molecule has 0 spiro atoms. The summed E-state index contributed by atoms with van der Waals surface area (Å²) in [4.78, 5) is 37.6. The van der Waals surface area contributed by atoms with Gasteiger partial charge in [0, 0.05) is 44.4 Å². The molecule has 3 rings (SSSR count). The van der Waals surface area contributed by atoms with Crippen LogP contribution >= 0.6 is 0 Å². The van der Waals surface area contributed by atoms with Crippen LogP contribution in [0, 0.1) is 29.1 Å². The molecule has 0 unspecified atom stereocenters. The molecule has 0 aliphatic heterocycles. The second kappa shape index (κ2) is 14.7. The summed E-state index contributed by atoms with van der Waals surface area (Å²) < 4.78 is 0. The molecule has 1 saturated carbocycles. The highest BCUT2D eigenvalue weighted by atomic mass is 16.2. The van der Waals surface area contributed by atoms with Crippen molar-refractivity contribution in [2.45, 2.75) is 44.7 Å². The number of carbonyl (C=O) groups excluding carboxylic acids is 2. The Labute approximate surface area is 236 Å². The molecule has 210 valence electrons. The SMILES string of the molecule is CNc1nc(Nc2cccc(C#N)c2)ncc1C#C[C@@H]1CCC[C@H](NC(=O)[C@H](C)N(C)C(=O)/C=C/CN(C)C)C1. The number of benzene rings is 1. The smallest absolute Gasteiger partial charge is 0.246 e. The van der Waals surface area contributed by atoms with E-state index in [1.54, 1.807) is 51.5 Å². The predicted molar refractivity (Wildman–Crippen MR) is 157 cm³/mol. The molecule has 0 bridgehead atoms. The maximum Gasteiger partial charge on any atom is 0.246 e. The standard InChI is InChI=1S/C30H38N8O2/c1-21(38(5)27(39)13-8-16-37(3)4)29(40)34-25-11-6-9-22(17-25)14-15-24-20-33-30(36-28(24)32-2)35-26-12-7-10-23(18-26)19-31/h7-8,10,12-13,18,20-22,25H,6,9,11,16-17H2,1-5H3,(H,34,40)(H2,32,33,35,36)/b13-8+/t21-,22-,25-/m0/s1. The number of amides is 2. The van der Waals surface area contributed by atoms with E-state index in [1.165, 1.54) is 11.0 Å². The first-order valence-electron chi connectivity index (χ1n) is 13.4. The first-order valence-corrected chi connectivity index (χ1v) is 13.4. The fourth-order valence-electron chi connectivity index (χ4n) is 4.32. The van der Waals surface area contributed by atoms with E-state index in [2.05, 4.69) is 43.8 Å². The fraction of sp³-hybridized carbons (Fsp3) is 0.433. The molecule has 1 aliphatic carbocycles. The lowest BCUT2D eigenvalue weighted by molar-refractivity contribution is -0.135. The Hall–Kier alpha value is -4.41. The van der Waals surface area contributed by atoms with Crippen LogP contribution in [0.2, 0.25) is 0 Å². The molecule has 2 amide bonds. The van der Waals surface area contributed by atoms with Crippen molar-refractivity contribution in [2.75, 3.05) is 45.4 Å². The van der Waals surface area contributed by atoms with Gasteiger partial charge in [-0.2, -0.15) is 10.2 Å². The number of hydrogen-bond acceptors (Lipinski definition) is 8. The Kier molecular flexibility index (Phi) is 11.0. The largest absolute Gasteiger partial charge is 0.372 e. The Bertz CT molecular complexity index is 1320. The molecule has 40 heavy (non-hydrogen) atoms. The van der Waals surface area contributed by atoms with Crippen LogP contribution in [0.25, 0.3) is 0 Å². The van der Waals surface area contributed by atoms with E-state index in [4.69, 9.17) is 5.26 Å². The topological polar surface area (TPSA) is 126 Å². The average molecular weight is 543 g/mol. The molecule has 10 heteroatoms. The van der Waals surface area contributed by atoms with Crippen LogP contribution < -0.4 is 16.0 Å². The molecule has 3 atom stereocenters. The monoisotopic (exact) mass is 542 g/mol. The predicted octanol–water partition coefficient (Wildman–Crippen LogP) is 3.12. The summed E-state index contributed by atoms with van der Waals surface area (Å²) >= 11 is 0. The Morgan fingerprint density at radius 1 is 1.25 bits per heavy atom. The third-order valence-corrected chi connectivity index (χ3v) is 6.74. The van der Waals surface area contributed by atoms with Crippen molar-refractivity contribution in [1.29, 1.82) is 5.26 Å². The number of rotatable bonds is 9. The summed E-state index contributed by atoms with van der Waals surface area (Å²) in [7, 11) is 7.28. The summed E-state index contributed by atoms with van der Waals surface area (Å²) in [5, 5.41) is 18.4. The molecule has 2 aromatic rings. The van der Waals surface area contributed by atoms with Crippen molar-refractivity contribution in [3.05, 3.63) is 53.7 Å². The molecular formula is C30H38N8O2. The highest BCUT2D eigenvalue weighted by molar-refractivity contribution is 5.92. The lowest BCUT2D eigenvalue weighted by atomic mass is 9.86. The molecule has 10 nitrogen and oxygen atoms in total. The minimum atomic E-state index is -0.576. The number of hydrogen-bond donors (Lipinski definition) is 3. The number of aromatic nitrogens is 2. The zero-order valence-corrected chi connectivity index (χ0v) is 23.9. The highest BCUT2D eigenvalue weighted by Gasteiger charge is 2.26. The van der Waals surface area contributed by atoms with E-state index in [1.807, 2.05) is 25.1 Å². The normalized spacial score (nSPS) is 17.3. The van der Waals surface area contributed by atoms with Crippen molar-refractivity contribution >= 4 is 29.3 Å². The lowest BCUT2D eigenvalue weighted by Crippen LogP contribution is -2.49. The van der Waals surface area contributed by atoms with Gasteiger partial charge >= 0.3 is 0 Å².